The predicted octanol–water partition coefficient (Wildman–Crippen LogP) is 1.80. The maximum absolute atomic E-state index is 4.38. The average Bonchev–Trinajstić information content (AvgIpc) is 2.73. The summed E-state index contributed by atoms with van der Waals surface area (Å²) in [4.78, 5) is 17.9. The molecule has 0 unspecified atom stereocenters. The van der Waals surface area contributed by atoms with E-state index >= 15 is 0 Å². The van der Waals surface area contributed by atoms with Gasteiger partial charge in [0.2, 0.25) is 5.95 Å². The highest BCUT2D eigenvalue weighted by molar-refractivity contribution is 5.84. The molecule has 0 aliphatic heterocycles. The second-order valence-electron chi connectivity index (χ2n) is 4.54. The van der Waals surface area contributed by atoms with Crippen molar-refractivity contribution in [3.8, 4) is 0 Å². The molecule has 2 aromatic heterocycles. The van der Waals surface area contributed by atoms with Crippen LogP contribution in [0.4, 0.5) is 11.8 Å². The van der Waals surface area contributed by atoms with E-state index in [9.17, 15) is 0 Å². The highest BCUT2D eigenvalue weighted by Crippen LogP contribution is 2.19. The first-order valence-electron chi connectivity index (χ1n) is 5.83. The average molecular weight is 246 g/mol. The third kappa shape index (κ3) is 2.58. The number of imidazole rings is 1. The Hall–Kier alpha value is -2.11. The molecule has 0 radical (unpaired) electrons. The molecule has 2 rings (SSSR count). The molecule has 0 spiro atoms. The maximum atomic E-state index is 4.38. The Bertz CT molecular complexity index is 565. The Kier molecular flexibility index (Phi) is 3.45. The van der Waals surface area contributed by atoms with Gasteiger partial charge in [0.25, 0.3) is 0 Å². The Morgan fingerprint density at radius 1 is 1.39 bits per heavy atom. The first-order valence-corrected chi connectivity index (χ1v) is 5.83. The van der Waals surface area contributed by atoms with E-state index in [-0.39, 0.29) is 0 Å². The number of anilines is 2. The van der Waals surface area contributed by atoms with Gasteiger partial charge in [0.05, 0.1) is 0 Å². The number of aromatic nitrogens is 4. The van der Waals surface area contributed by atoms with Gasteiger partial charge in [-0.25, -0.2) is 9.97 Å². The molecule has 0 aliphatic rings. The third-order valence-electron chi connectivity index (χ3n) is 2.48. The van der Waals surface area contributed by atoms with Crippen LogP contribution in [0, 0.1) is 0 Å². The molecule has 0 atom stereocenters. The van der Waals surface area contributed by atoms with E-state index in [1.165, 1.54) is 11.9 Å². The Morgan fingerprint density at radius 3 is 2.83 bits per heavy atom. The highest BCUT2D eigenvalue weighted by Gasteiger charge is 2.09. The van der Waals surface area contributed by atoms with Crippen LogP contribution in [0.25, 0.3) is 11.2 Å². The van der Waals surface area contributed by atoms with E-state index in [2.05, 4.69) is 45.2 Å². The zero-order valence-electron chi connectivity index (χ0n) is 11.2. The van der Waals surface area contributed by atoms with E-state index in [1.807, 2.05) is 19.0 Å². The van der Waals surface area contributed by atoms with Gasteiger partial charge in [-0.05, 0) is 13.8 Å². The summed E-state index contributed by atoms with van der Waals surface area (Å²) in [7, 11) is 3.86. The number of fused-ring (bicyclic) bond motifs is 1. The largest absolute Gasteiger partial charge is 0.365 e. The van der Waals surface area contributed by atoms with Gasteiger partial charge in [0.15, 0.2) is 11.5 Å². The van der Waals surface area contributed by atoms with Gasteiger partial charge in [-0.2, -0.15) is 4.98 Å². The number of allylic oxidation sites excluding steroid dienone is 1. The highest BCUT2D eigenvalue weighted by atomic mass is 15.2. The van der Waals surface area contributed by atoms with Gasteiger partial charge in [-0.1, -0.05) is 11.6 Å². The van der Waals surface area contributed by atoms with Crippen molar-refractivity contribution in [2.45, 2.75) is 13.8 Å². The first-order chi connectivity index (χ1) is 8.58. The van der Waals surface area contributed by atoms with Crippen molar-refractivity contribution in [3.05, 3.63) is 18.0 Å². The van der Waals surface area contributed by atoms with Crippen molar-refractivity contribution in [2.75, 3.05) is 30.9 Å². The van der Waals surface area contributed by atoms with Crippen LogP contribution in [0.1, 0.15) is 13.8 Å². The first kappa shape index (κ1) is 12.3. The molecular formula is C12H18N6. The van der Waals surface area contributed by atoms with Crippen LogP contribution in [-0.2, 0) is 0 Å². The summed E-state index contributed by atoms with van der Waals surface area (Å²) in [6.45, 7) is 4.87. The third-order valence-corrected chi connectivity index (χ3v) is 2.48. The minimum atomic E-state index is 0.674. The number of hydrogen-bond donors (Lipinski definition) is 2. The number of nitrogens with zero attached hydrogens (tertiary/aromatic N) is 4. The molecule has 2 heterocycles. The molecule has 2 N–H and O–H groups in total. The van der Waals surface area contributed by atoms with Crippen LogP contribution in [0.15, 0.2) is 18.0 Å². The molecule has 2 aromatic rings. The molecule has 18 heavy (non-hydrogen) atoms. The number of nitrogens with one attached hydrogen (secondary N) is 2. The second kappa shape index (κ2) is 5.03. The van der Waals surface area contributed by atoms with E-state index in [4.69, 9.17) is 0 Å². The number of H-pyrrole nitrogens is 1. The minimum absolute atomic E-state index is 0.674. The molecule has 6 heteroatoms. The van der Waals surface area contributed by atoms with E-state index in [0.29, 0.717) is 5.65 Å². The summed E-state index contributed by atoms with van der Waals surface area (Å²) in [5.74, 6) is 1.55. The van der Waals surface area contributed by atoms with Gasteiger partial charge in [0, 0.05) is 20.6 Å². The lowest BCUT2D eigenvalue weighted by Gasteiger charge is -2.05. The van der Waals surface area contributed by atoms with E-state index in [0.717, 1.165) is 23.8 Å². The van der Waals surface area contributed by atoms with E-state index in [1.54, 1.807) is 0 Å². The summed E-state index contributed by atoms with van der Waals surface area (Å²) in [5, 5.41) is 3.25. The van der Waals surface area contributed by atoms with Gasteiger partial charge in [-0.3, -0.25) is 0 Å². The molecule has 0 aliphatic carbocycles. The number of hydrogen-bond acceptors (Lipinski definition) is 5. The molecule has 0 fully saturated rings. The van der Waals surface area contributed by atoms with Crippen LogP contribution < -0.4 is 10.2 Å². The topological polar surface area (TPSA) is 69.7 Å². The van der Waals surface area contributed by atoms with Gasteiger partial charge in [-0.15, -0.1) is 0 Å². The summed E-state index contributed by atoms with van der Waals surface area (Å²) >= 11 is 0. The van der Waals surface area contributed by atoms with Crippen molar-refractivity contribution in [1.82, 2.24) is 19.9 Å². The lowest BCUT2D eigenvalue weighted by atomic mass is 10.3. The van der Waals surface area contributed by atoms with Crippen molar-refractivity contribution >= 4 is 22.9 Å². The Morgan fingerprint density at radius 2 is 2.17 bits per heavy atom. The van der Waals surface area contributed by atoms with Crippen LogP contribution in [0.3, 0.4) is 0 Å². The SMILES string of the molecule is CC(C)=CCNc1ncnc2nc(N(C)C)[nH]c12. The van der Waals surface area contributed by atoms with Crippen molar-refractivity contribution in [2.24, 2.45) is 0 Å². The number of rotatable bonds is 4. The number of aromatic amines is 1. The monoisotopic (exact) mass is 246 g/mol. The molecule has 0 saturated carbocycles. The van der Waals surface area contributed by atoms with Crippen molar-refractivity contribution in [3.63, 3.8) is 0 Å². The summed E-state index contributed by atoms with van der Waals surface area (Å²) in [5.41, 5.74) is 2.78. The van der Waals surface area contributed by atoms with E-state index < -0.39 is 0 Å². The van der Waals surface area contributed by atoms with Crippen LogP contribution in [-0.4, -0.2) is 40.6 Å². The Balaban J connectivity index is 2.30. The van der Waals surface area contributed by atoms with Gasteiger partial charge < -0.3 is 15.2 Å². The zero-order valence-corrected chi connectivity index (χ0v) is 11.2. The quantitative estimate of drug-likeness (QED) is 0.805. The van der Waals surface area contributed by atoms with Gasteiger partial charge in [0.1, 0.15) is 11.8 Å². The molecule has 96 valence electrons. The summed E-state index contributed by atoms with van der Waals surface area (Å²) in [6.07, 6.45) is 3.63. The Labute approximate surface area is 106 Å². The molecule has 0 aromatic carbocycles. The molecule has 0 bridgehead atoms. The zero-order chi connectivity index (χ0) is 13.1. The maximum Gasteiger partial charge on any atom is 0.204 e. The van der Waals surface area contributed by atoms with Crippen molar-refractivity contribution < 1.29 is 0 Å². The second-order valence-corrected chi connectivity index (χ2v) is 4.54. The standard InChI is InChI=1S/C12H18N6/c1-8(2)5-6-13-10-9-11(15-7-14-10)17-12(16-9)18(3)4/h5,7H,6H2,1-4H3,(H2,13,14,15,16,17). The van der Waals surface area contributed by atoms with Gasteiger partial charge >= 0.3 is 0 Å². The minimum Gasteiger partial charge on any atom is -0.365 e. The summed E-state index contributed by atoms with van der Waals surface area (Å²) in [6, 6.07) is 0. The lowest BCUT2D eigenvalue weighted by molar-refractivity contribution is 1.04. The molecular weight excluding hydrogens is 228 g/mol. The van der Waals surface area contributed by atoms with Crippen LogP contribution in [0.2, 0.25) is 0 Å². The fourth-order valence-corrected chi connectivity index (χ4v) is 1.51. The predicted molar refractivity (Wildman–Crippen MR) is 73.9 cm³/mol. The fraction of sp³-hybridized carbons (Fsp3) is 0.417. The van der Waals surface area contributed by atoms with Crippen LogP contribution >= 0.6 is 0 Å². The summed E-state index contributed by atoms with van der Waals surface area (Å²) < 4.78 is 0. The smallest absolute Gasteiger partial charge is 0.204 e. The lowest BCUT2D eigenvalue weighted by Crippen LogP contribution is -2.10. The fourth-order valence-electron chi connectivity index (χ4n) is 1.51. The molecule has 6 nitrogen and oxygen atoms in total. The van der Waals surface area contributed by atoms with Crippen molar-refractivity contribution in [1.29, 1.82) is 0 Å². The normalized spacial score (nSPS) is 10.4. The molecule has 0 amide bonds. The molecule has 0 saturated heterocycles. The van der Waals surface area contributed by atoms with Crippen LogP contribution in [0.5, 0.6) is 0 Å².